The number of rotatable bonds is 2. The van der Waals surface area contributed by atoms with Gasteiger partial charge in [-0.1, -0.05) is 12.2 Å². The summed E-state index contributed by atoms with van der Waals surface area (Å²) in [6.45, 7) is 1.80. The molecule has 1 atom stereocenters. The molecule has 0 aromatic carbocycles. The van der Waals surface area contributed by atoms with Crippen LogP contribution in [-0.4, -0.2) is 59.5 Å². The lowest BCUT2D eigenvalue weighted by atomic mass is 9.93. The number of amides is 2. The average Bonchev–Trinajstić information content (AvgIpc) is 2.47. The maximum atomic E-state index is 12.2. The molecule has 2 aliphatic rings. The highest BCUT2D eigenvalue weighted by Gasteiger charge is 2.28. The third-order valence-electron chi connectivity index (χ3n) is 3.70. The fourth-order valence-corrected chi connectivity index (χ4v) is 2.55. The van der Waals surface area contributed by atoms with Gasteiger partial charge in [0.15, 0.2) is 0 Å². The smallest absolute Gasteiger partial charge is 0.248 e. The molecule has 0 bridgehead atoms. The molecule has 0 spiro atoms. The van der Waals surface area contributed by atoms with Crippen LogP contribution in [0.4, 0.5) is 0 Å². The Hall–Kier alpha value is -1.36. The Morgan fingerprint density at radius 2 is 1.78 bits per heavy atom. The first kappa shape index (κ1) is 13.1. The van der Waals surface area contributed by atoms with Gasteiger partial charge in [0, 0.05) is 32.1 Å². The maximum Gasteiger partial charge on any atom is 0.248 e. The number of hydrogen-bond donors (Lipinski definition) is 1. The van der Waals surface area contributed by atoms with E-state index in [1.807, 2.05) is 4.90 Å². The summed E-state index contributed by atoms with van der Waals surface area (Å²) in [7, 11) is 0. The van der Waals surface area contributed by atoms with Crippen LogP contribution < -0.4 is 0 Å². The Bertz CT molecular complexity index is 346. The van der Waals surface area contributed by atoms with Crippen molar-refractivity contribution in [2.45, 2.75) is 19.3 Å². The van der Waals surface area contributed by atoms with Crippen LogP contribution in [0.15, 0.2) is 12.2 Å². The second kappa shape index (κ2) is 6.00. The van der Waals surface area contributed by atoms with E-state index in [0.717, 1.165) is 19.3 Å². The normalized spacial score (nSPS) is 24.2. The topological polar surface area (TPSA) is 60.9 Å². The van der Waals surface area contributed by atoms with Crippen molar-refractivity contribution in [3.63, 3.8) is 0 Å². The molecule has 1 N–H and O–H groups in total. The van der Waals surface area contributed by atoms with Gasteiger partial charge in [-0.15, -0.1) is 0 Å². The predicted molar refractivity (Wildman–Crippen MR) is 66.7 cm³/mol. The molecule has 0 aromatic rings. The van der Waals surface area contributed by atoms with E-state index in [0.29, 0.717) is 26.2 Å². The van der Waals surface area contributed by atoms with E-state index < -0.39 is 6.61 Å². The highest BCUT2D eigenvalue weighted by atomic mass is 16.3. The number of piperazine rings is 1. The van der Waals surface area contributed by atoms with Crippen molar-refractivity contribution in [1.82, 2.24) is 9.80 Å². The Morgan fingerprint density at radius 1 is 1.11 bits per heavy atom. The Labute approximate surface area is 107 Å². The second-order valence-electron chi connectivity index (χ2n) is 4.85. The first-order valence-corrected chi connectivity index (χ1v) is 6.55. The number of nitrogens with zero attached hydrogens (tertiary/aromatic N) is 2. The second-order valence-corrected chi connectivity index (χ2v) is 4.85. The fraction of sp³-hybridized carbons (Fsp3) is 0.692. The van der Waals surface area contributed by atoms with E-state index in [1.165, 1.54) is 0 Å². The van der Waals surface area contributed by atoms with Gasteiger partial charge in [-0.2, -0.15) is 0 Å². The number of carbonyl (C=O) groups is 2. The van der Waals surface area contributed by atoms with Gasteiger partial charge in [0.1, 0.15) is 6.61 Å². The molecule has 1 fully saturated rings. The molecule has 0 saturated carbocycles. The molecule has 5 nitrogen and oxygen atoms in total. The number of allylic oxidation sites excluding steroid dienone is 2. The first-order chi connectivity index (χ1) is 8.72. The summed E-state index contributed by atoms with van der Waals surface area (Å²) in [5.74, 6) is 0.0910. The average molecular weight is 252 g/mol. The SMILES string of the molecule is O=C(CO)N1CCN(C(=O)C2CC=CCC2)CC1. The zero-order valence-corrected chi connectivity index (χ0v) is 10.5. The molecule has 5 heteroatoms. The maximum absolute atomic E-state index is 12.2. The van der Waals surface area contributed by atoms with Crippen molar-refractivity contribution >= 4 is 11.8 Å². The Morgan fingerprint density at radius 3 is 2.33 bits per heavy atom. The molecule has 100 valence electrons. The lowest BCUT2D eigenvalue weighted by Crippen LogP contribution is -2.52. The summed E-state index contributed by atoms with van der Waals surface area (Å²) < 4.78 is 0. The monoisotopic (exact) mass is 252 g/mol. The third kappa shape index (κ3) is 2.90. The van der Waals surface area contributed by atoms with Gasteiger partial charge in [0.05, 0.1) is 0 Å². The zero-order chi connectivity index (χ0) is 13.0. The van der Waals surface area contributed by atoms with Crippen LogP contribution in [0, 0.1) is 5.92 Å². The molecular formula is C13H20N2O3. The van der Waals surface area contributed by atoms with Gasteiger partial charge in [-0.05, 0) is 19.3 Å². The first-order valence-electron chi connectivity index (χ1n) is 6.55. The van der Waals surface area contributed by atoms with Crippen molar-refractivity contribution in [1.29, 1.82) is 0 Å². The molecule has 1 aliphatic heterocycles. The van der Waals surface area contributed by atoms with Crippen molar-refractivity contribution in [3.8, 4) is 0 Å². The molecule has 1 saturated heterocycles. The molecule has 18 heavy (non-hydrogen) atoms. The highest BCUT2D eigenvalue weighted by Crippen LogP contribution is 2.21. The van der Waals surface area contributed by atoms with Gasteiger partial charge in [0.25, 0.3) is 0 Å². The van der Waals surface area contributed by atoms with Crippen LogP contribution in [0.5, 0.6) is 0 Å². The molecule has 1 unspecified atom stereocenters. The minimum Gasteiger partial charge on any atom is -0.387 e. The zero-order valence-electron chi connectivity index (χ0n) is 10.5. The summed E-state index contributed by atoms with van der Waals surface area (Å²) in [4.78, 5) is 27.0. The summed E-state index contributed by atoms with van der Waals surface area (Å²) in [5, 5.41) is 8.79. The van der Waals surface area contributed by atoms with E-state index >= 15 is 0 Å². The number of carbonyl (C=O) groups excluding carboxylic acids is 2. The number of aliphatic hydroxyl groups excluding tert-OH is 1. The molecule has 1 aliphatic carbocycles. The summed E-state index contributed by atoms with van der Waals surface area (Å²) in [5.41, 5.74) is 0. The highest BCUT2D eigenvalue weighted by molar-refractivity contribution is 5.80. The minimum absolute atomic E-state index is 0.120. The van der Waals surface area contributed by atoms with E-state index in [2.05, 4.69) is 12.2 Å². The third-order valence-corrected chi connectivity index (χ3v) is 3.70. The number of hydrogen-bond acceptors (Lipinski definition) is 3. The minimum atomic E-state index is -0.443. The summed E-state index contributed by atoms with van der Waals surface area (Å²) in [6.07, 6.45) is 6.97. The van der Waals surface area contributed by atoms with Gasteiger partial charge in [0.2, 0.25) is 11.8 Å². The quantitative estimate of drug-likeness (QED) is 0.704. The van der Waals surface area contributed by atoms with Crippen LogP contribution in [-0.2, 0) is 9.59 Å². The van der Waals surface area contributed by atoms with Crippen molar-refractivity contribution in [3.05, 3.63) is 12.2 Å². The predicted octanol–water partition coefficient (Wildman–Crippen LogP) is 0.00580. The molecular weight excluding hydrogens is 232 g/mol. The number of aliphatic hydroxyl groups is 1. The molecule has 0 radical (unpaired) electrons. The lowest BCUT2D eigenvalue weighted by molar-refractivity contribution is -0.143. The van der Waals surface area contributed by atoms with Gasteiger partial charge in [-0.3, -0.25) is 9.59 Å². The van der Waals surface area contributed by atoms with E-state index in [9.17, 15) is 9.59 Å². The Kier molecular flexibility index (Phi) is 4.36. The fourth-order valence-electron chi connectivity index (χ4n) is 2.55. The van der Waals surface area contributed by atoms with Crippen molar-refractivity contribution in [2.24, 2.45) is 5.92 Å². The van der Waals surface area contributed by atoms with Crippen molar-refractivity contribution in [2.75, 3.05) is 32.8 Å². The van der Waals surface area contributed by atoms with E-state index in [4.69, 9.17) is 5.11 Å². The lowest BCUT2D eigenvalue weighted by Gasteiger charge is -2.36. The molecule has 1 heterocycles. The van der Waals surface area contributed by atoms with Crippen LogP contribution >= 0.6 is 0 Å². The molecule has 2 rings (SSSR count). The van der Waals surface area contributed by atoms with Crippen LogP contribution in [0.25, 0.3) is 0 Å². The Balaban J connectivity index is 1.83. The van der Waals surface area contributed by atoms with Gasteiger partial charge < -0.3 is 14.9 Å². The van der Waals surface area contributed by atoms with Gasteiger partial charge >= 0.3 is 0 Å². The van der Waals surface area contributed by atoms with E-state index in [-0.39, 0.29) is 17.7 Å². The van der Waals surface area contributed by atoms with Crippen LogP contribution in [0.3, 0.4) is 0 Å². The van der Waals surface area contributed by atoms with Crippen LogP contribution in [0.2, 0.25) is 0 Å². The van der Waals surface area contributed by atoms with Crippen molar-refractivity contribution < 1.29 is 14.7 Å². The van der Waals surface area contributed by atoms with Crippen LogP contribution in [0.1, 0.15) is 19.3 Å². The largest absolute Gasteiger partial charge is 0.387 e. The van der Waals surface area contributed by atoms with E-state index in [1.54, 1.807) is 4.90 Å². The summed E-state index contributed by atoms with van der Waals surface area (Å²) in [6, 6.07) is 0. The van der Waals surface area contributed by atoms with Gasteiger partial charge in [-0.25, -0.2) is 0 Å². The molecule has 2 amide bonds. The summed E-state index contributed by atoms with van der Waals surface area (Å²) >= 11 is 0. The molecule has 0 aromatic heterocycles. The standard InChI is InChI=1S/C13H20N2O3/c16-10-12(17)14-6-8-15(9-7-14)13(18)11-4-2-1-3-5-11/h1-2,11,16H,3-10H2.